The van der Waals surface area contributed by atoms with Crippen molar-refractivity contribution < 1.29 is 14.3 Å². The van der Waals surface area contributed by atoms with Gasteiger partial charge >= 0.3 is 5.97 Å². The van der Waals surface area contributed by atoms with E-state index in [9.17, 15) is 4.79 Å². The first kappa shape index (κ1) is 15.4. The van der Waals surface area contributed by atoms with Crippen molar-refractivity contribution in [2.24, 2.45) is 0 Å². The van der Waals surface area contributed by atoms with E-state index in [1.54, 1.807) is 7.11 Å². The summed E-state index contributed by atoms with van der Waals surface area (Å²) >= 11 is 0. The van der Waals surface area contributed by atoms with Gasteiger partial charge in [-0.25, -0.2) is 0 Å². The lowest BCUT2D eigenvalue weighted by Crippen LogP contribution is -2.47. The smallest absolute Gasteiger partial charge is 0.323 e. The Hall–Kier alpha value is -0.610. The maximum atomic E-state index is 11.8. The van der Waals surface area contributed by atoms with Crippen molar-refractivity contribution in [2.75, 3.05) is 26.9 Å². The van der Waals surface area contributed by atoms with Crippen LogP contribution in [0.1, 0.15) is 34.1 Å². The summed E-state index contributed by atoms with van der Waals surface area (Å²) in [7, 11) is 1.67. The zero-order chi connectivity index (χ0) is 12.6. The number of methoxy groups -OCH3 is 1. The van der Waals surface area contributed by atoms with Crippen molar-refractivity contribution in [2.45, 2.75) is 46.2 Å². The van der Waals surface area contributed by atoms with Gasteiger partial charge in [0.2, 0.25) is 0 Å². The molecule has 4 heteroatoms. The fourth-order valence-electron chi connectivity index (χ4n) is 1.75. The molecule has 1 atom stereocenters. The van der Waals surface area contributed by atoms with Crippen LogP contribution in [0.25, 0.3) is 0 Å². The van der Waals surface area contributed by atoms with Gasteiger partial charge in [-0.1, -0.05) is 6.92 Å². The summed E-state index contributed by atoms with van der Waals surface area (Å²) in [4.78, 5) is 13.9. The molecule has 0 spiro atoms. The summed E-state index contributed by atoms with van der Waals surface area (Å²) in [5.74, 6) is -0.130. The fraction of sp³-hybridized carbons (Fsp3) is 0.917. The summed E-state index contributed by atoms with van der Waals surface area (Å²) in [6.07, 6.45) is 0.765. The summed E-state index contributed by atoms with van der Waals surface area (Å²) in [5.41, 5.74) is 0. The van der Waals surface area contributed by atoms with Gasteiger partial charge in [0, 0.05) is 19.7 Å². The van der Waals surface area contributed by atoms with Crippen LogP contribution in [0.5, 0.6) is 0 Å². The van der Waals surface area contributed by atoms with E-state index in [0.717, 1.165) is 13.0 Å². The van der Waals surface area contributed by atoms with Crippen LogP contribution in [0.3, 0.4) is 0 Å². The van der Waals surface area contributed by atoms with Crippen molar-refractivity contribution >= 4 is 5.97 Å². The van der Waals surface area contributed by atoms with Crippen LogP contribution < -0.4 is 0 Å². The van der Waals surface area contributed by atoms with Crippen LogP contribution >= 0.6 is 0 Å². The zero-order valence-electron chi connectivity index (χ0n) is 11.2. The third-order valence-corrected chi connectivity index (χ3v) is 2.56. The Morgan fingerprint density at radius 2 is 1.94 bits per heavy atom. The average Bonchev–Trinajstić information content (AvgIpc) is 2.23. The molecule has 0 bridgehead atoms. The van der Waals surface area contributed by atoms with E-state index in [0.29, 0.717) is 19.3 Å². The van der Waals surface area contributed by atoms with Gasteiger partial charge in [0.05, 0.1) is 13.2 Å². The topological polar surface area (TPSA) is 38.8 Å². The van der Waals surface area contributed by atoms with E-state index < -0.39 is 0 Å². The van der Waals surface area contributed by atoms with Gasteiger partial charge in [-0.05, 0) is 27.2 Å². The molecule has 4 nitrogen and oxygen atoms in total. The molecular formula is C12H25NO3. The monoisotopic (exact) mass is 231 g/mol. The second-order valence-electron chi connectivity index (χ2n) is 4.00. The highest BCUT2D eigenvalue weighted by Crippen LogP contribution is 2.10. The molecule has 0 radical (unpaired) electrons. The molecule has 96 valence electrons. The molecule has 0 aromatic rings. The molecule has 0 heterocycles. The normalized spacial score (nSPS) is 13.2. The van der Waals surface area contributed by atoms with Crippen LogP contribution in [0.2, 0.25) is 0 Å². The molecule has 0 rings (SSSR count). The molecule has 0 aliphatic heterocycles. The number of nitrogens with zero attached hydrogens (tertiary/aromatic N) is 1. The van der Waals surface area contributed by atoms with E-state index in [4.69, 9.17) is 9.47 Å². The number of esters is 1. The third-order valence-electron chi connectivity index (χ3n) is 2.56. The minimum absolute atomic E-state index is 0.130. The molecule has 0 saturated carbocycles. The van der Waals surface area contributed by atoms with Gasteiger partial charge < -0.3 is 9.47 Å². The Balaban J connectivity index is 4.50. The Bertz CT molecular complexity index is 195. The molecule has 1 unspecified atom stereocenters. The molecule has 0 aromatic heterocycles. The average molecular weight is 231 g/mol. The number of hydrogen-bond donors (Lipinski definition) is 0. The predicted octanol–water partition coefficient (Wildman–Crippen LogP) is 1.68. The third kappa shape index (κ3) is 4.94. The molecule has 0 aliphatic carbocycles. The summed E-state index contributed by atoms with van der Waals surface area (Å²) in [6.45, 7) is 9.82. The zero-order valence-corrected chi connectivity index (χ0v) is 11.2. The Morgan fingerprint density at radius 1 is 1.31 bits per heavy atom. The largest absolute Gasteiger partial charge is 0.465 e. The lowest BCUT2D eigenvalue weighted by Gasteiger charge is -2.32. The minimum atomic E-state index is -0.157. The van der Waals surface area contributed by atoms with Crippen LogP contribution in [0.15, 0.2) is 0 Å². The molecule has 0 N–H and O–H groups in total. The SMILES string of the molecule is CCOC(=O)C(CC)N(CCOC)C(C)C. The lowest BCUT2D eigenvalue weighted by atomic mass is 10.1. The molecule has 0 fully saturated rings. The van der Waals surface area contributed by atoms with Crippen molar-refractivity contribution in [3.8, 4) is 0 Å². The maximum Gasteiger partial charge on any atom is 0.323 e. The van der Waals surface area contributed by atoms with Gasteiger partial charge in [0.25, 0.3) is 0 Å². The van der Waals surface area contributed by atoms with Crippen LogP contribution in [0.4, 0.5) is 0 Å². The Morgan fingerprint density at radius 3 is 2.31 bits per heavy atom. The molecular weight excluding hydrogens is 206 g/mol. The quantitative estimate of drug-likeness (QED) is 0.596. The van der Waals surface area contributed by atoms with Gasteiger partial charge in [0.15, 0.2) is 0 Å². The number of hydrogen-bond acceptors (Lipinski definition) is 4. The first-order valence-corrected chi connectivity index (χ1v) is 5.99. The summed E-state index contributed by atoms with van der Waals surface area (Å²) < 4.78 is 10.1. The first-order chi connectivity index (χ1) is 7.58. The van der Waals surface area contributed by atoms with E-state index in [2.05, 4.69) is 18.7 Å². The Kier molecular flexibility index (Phi) is 8.21. The van der Waals surface area contributed by atoms with Crippen molar-refractivity contribution in [1.82, 2.24) is 4.90 Å². The minimum Gasteiger partial charge on any atom is -0.465 e. The number of carbonyl (C=O) groups excluding carboxylic acids is 1. The number of carbonyl (C=O) groups is 1. The molecule has 0 aromatic carbocycles. The molecule has 0 aliphatic rings. The second kappa shape index (κ2) is 8.53. The highest BCUT2D eigenvalue weighted by Gasteiger charge is 2.26. The van der Waals surface area contributed by atoms with Crippen molar-refractivity contribution in [3.05, 3.63) is 0 Å². The summed E-state index contributed by atoms with van der Waals surface area (Å²) in [5, 5.41) is 0. The van der Waals surface area contributed by atoms with Crippen LogP contribution in [-0.2, 0) is 14.3 Å². The van der Waals surface area contributed by atoms with Gasteiger partial charge in [-0.15, -0.1) is 0 Å². The van der Waals surface area contributed by atoms with Crippen molar-refractivity contribution in [3.63, 3.8) is 0 Å². The molecule has 16 heavy (non-hydrogen) atoms. The van der Waals surface area contributed by atoms with Crippen molar-refractivity contribution in [1.29, 1.82) is 0 Å². The molecule has 0 amide bonds. The van der Waals surface area contributed by atoms with E-state index >= 15 is 0 Å². The van der Waals surface area contributed by atoms with Gasteiger partial charge in [-0.3, -0.25) is 9.69 Å². The van der Waals surface area contributed by atoms with Crippen LogP contribution in [-0.4, -0.2) is 49.8 Å². The van der Waals surface area contributed by atoms with E-state index in [1.165, 1.54) is 0 Å². The van der Waals surface area contributed by atoms with Gasteiger partial charge in [-0.2, -0.15) is 0 Å². The lowest BCUT2D eigenvalue weighted by molar-refractivity contribution is -0.150. The second-order valence-corrected chi connectivity index (χ2v) is 4.00. The standard InChI is InChI=1S/C12H25NO3/c1-6-11(12(14)16-7-2)13(10(3)4)8-9-15-5/h10-11H,6-9H2,1-5H3. The summed E-state index contributed by atoms with van der Waals surface area (Å²) in [6, 6.07) is 0.152. The fourth-order valence-corrected chi connectivity index (χ4v) is 1.75. The maximum absolute atomic E-state index is 11.8. The highest BCUT2D eigenvalue weighted by molar-refractivity contribution is 5.75. The van der Waals surface area contributed by atoms with Gasteiger partial charge in [0.1, 0.15) is 6.04 Å². The number of ether oxygens (including phenoxy) is 2. The number of rotatable bonds is 8. The van der Waals surface area contributed by atoms with E-state index in [1.807, 2.05) is 13.8 Å². The van der Waals surface area contributed by atoms with E-state index in [-0.39, 0.29) is 12.0 Å². The highest BCUT2D eigenvalue weighted by atomic mass is 16.5. The predicted molar refractivity (Wildman–Crippen MR) is 64.4 cm³/mol. The van der Waals surface area contributed by atoms with Crippen LogP contribution in [0, 0.1) is 0 Å². The molecule has 0 saturated heterocycles. The first-order valence-electron chi connectivity index (χ1n) is 5.99. The Labute approximate surface area is 98.9 Å².